The molecule has 10 heteroatoms. The summed E-state index contributed by atoms with van der Waals surface area (Å²) in [5.41, 5.74) is 11.2. The zero-order valence-corrected chi connectivity index (χ0v) is 16.3. The van der Waals surface area contributed by atoms with Crippen LogP contribution in [0.1, 0.15) is 19.4 Å². The number of fused-ring (bicyclic) bond motifs is 1. The van der Waals surface area contributed by atoms with Gasteiger partial charge >= 0.3 is 5.63 Å². The lowest BCUT2D eigenvalue weighted by Crippen LogP contribution is -2.53. The third kappa shape index (κ3) is 3.81. The van der Waals surface area contributed by atoms with E-state index in [0.29, 0.717) is 16.9 Å². The summed E-state index contributed by atoms with van der Waals surface area (Å²) in [5.74, 6) is 0.763. The molecule has 3 rings (SSSR count). The quantitative estimate of drug-likeness (QED) is 0.709. The minimum atomic E-state index is -0.825. The standard InChI is InChI=1S/C16H19N5O4.BrH/c1-16(2)20-14(17)19-15(18)21(16)24-8-9-6-13(22)25-12-7-10(23-3)4-5-11(9)12;/h4-7H,8H2,1-3H3,(H4,17,18,19,20);1H. The van der Waals surface area contributed by atoms with Gasteiger partial charge < -0.3 is 20.6 Å². The number of ether oxygens (including phenoxy) is 1. The molecule has 0 atom stereocenters. The van der Waals surface area contributed by atoms with Gasteiger partial charge in [0.1, 0.15) is 17.9 Å². The molecule has 140 valence electrons. The van der Waals surface area contributed by atoms with Crippen molar-refractivity contribution in [3.63, 3.8) is 0 Å². The zero-order chi connectivity index (χ0) is 18.2. The van der Waals surface area contributed by atoms with Crippen LogP contribution in [-0.2, 0) is 11.4 Å². The van der Waals surface area contributed by atoms with E-state index in [1.807, 2.05) is 0 Å². The Bertz CT molecular complexity index is 938. The van der Waals surface area contributed by atoms with Gasteiger partial charge in [-0.15, -0.1) is 17.0 Å². The molecule has 2 heterocycles. The van der Waals surface area contributed by atoms with E-state index in [1.54, 1.807) is 39.2 Å². The molecule has 1 aromatic heterocycles. The predicted molar refractivity (Wildman–Crippen MR) is 103 cm³/mol. The summed E-state index contributed by atoms with van der Waals surface area (Å²) >= 11 is 0. The minimum Gasteiger partial charge on any atom is -0.497 e. The molecular formula is C16H20BrN5O4. The van der Waals surface area contributed by atoms with Crippen LogP contribution in [0, 0.1) is 0 Å². The minimum absolute atomic E-state index is 0. The Morgan fingerprint density at radius 2 is 2.00 bits per heavy atom. The number of rotatable bonds is 4. The fourth-order valence-corrected chi connectivity index (χ4v) is 2.61. The van der Waals surface area contributed by atoms with E-state index in [0.717, 1.165) is 5.39 Å². The van der Waals surface area contributed by atoms with Gasteiger partial charge in [-0.1, -0.05) is 0 Å². The first kappa shape index (κ1) is 19.7. The topological polar surface area (TPSA) is 129 Å². The molecule has 0 fully saturated rings. The van der Waals surface area contributed by atoms with Gasteiger partial charge in [0.05, 0.1) is 7.11 Å². The molecule has 0 amide bonds. The molecule has 0 bridgehead atoms. The van der Waals surface area contributed by atoms with Crippen molar-refractivity contribution in [1.82, 2.24) is 5.06 Å². The molecule has 2 aromatic rings. The lowest BCUT2D eigenvalue weighted by Gasteiger charge is -2.36. The molecule has 4 N–H and O–H groups in total. The van der Waals surface area contributed by atoms with E-state index >= 15 is 0 Å². The Labute approximate surface area is 160 Å². The largest absolute Gasteiger partial charge is 0.497 e. The molecule has 1 aromatic carbocycles. The van der Waals surface area contributed by atoms with Crippen molar-refractivity contribution >= 4 is 39.9 Å². The van der Waals surface area contributed by atoms with E-state index in [1.165, 1.54) is 11.1 Å². The summed E-state index contributed by atoms with van der Waals surface area (Å²) in [6.45, 7) is 3.64. The van der Waals surface area contributed by atoms with Gasteiger partial charge in [0.2, 0.25) is 11.9 Å². The second-order valence-electron chi connectivity index (χ2n) is 5.96. The highest BCUT2D eigenvalue weighted by Gasteiger charge is 2.33. The van der Waals surface area contributed by atoms with Crippen LogP contribution in [0.2, 0.25) is 0 Å². The van der Waals surface area contributed by atoms with Crippen molar-refractivity contribution in [2.24, 2.45) is 21.5 Å². The fourth-order valence-electron chi connectivity index (χ4n) is 2.61. The molecule has 0 spiro atoms. The Balaban J connectivity index is 0.00000243. The zero-order valence-electron chi connectivity index (χ0n) is 14.6. The van der Waals surface area contributed by atoms with Crippen LogP contribution >= 0.6 is 17.0 Å². The maximum Gasteiger partial charge on any atom is 0.336 e. The molecule has 0 saturated carbocycles. The maximum atomic E-state index is 11.8. The van der Waals surface area contributed by atoms with Gasteiger partial charge in [0, 0.05) is 17.5 Å². The van der Waals surface area contributed by atoms with Gasteiger partial charge in [0.25, 0.3) is 0 Å². The number of aliphatic imine (C=N–C) groups is 2. The Hall–Kier alpha value is -2.59. The van der Waals surface area contributed by atoms with Gasteiger partial charge in [-0.3, -0.25) is 4.84 Å². The smallest absolute Gasteiger partial charge is 0.336 e. The molecule has 1 aliphatic rings. The van der Waals surface area contributed by atoms with Crippen molar-refractivity contribution in [2.75, 3.05) is 7.11 Å². The number of benzene rings is 1. The van der Waals surface area contributed by atoms with E-state index in [2.05, 4.69) is 9.98 Å². The van der Waals surface area contributed by atoms with Crippen LogP contribution in [0.3, 0.4) is 0 Å². The summed E-state index contributed by atoms with van der Waals surface area (Å²) in [6, 6.07) is 6.59. The van der Waals surface area contributed by atoms with Crippen molar-refractivity contribution in [1.29, 1.82) is 0 Å². The van der Waals surface area contributed by atoms with Crippen LogP contribution in [0.4, 0.5) is 0 Å². The van der Waals surface area contributed by atoms with E-state index < -0.39 is 11.3 Å². The Morgan fingerprint density at radius 3 is 2.65 bits per heavy atom. The number of nitrogens with two attached hydrogens (primary N) is 2. The average molecular weight is 426 g/mol. The highest BCUT2D eigenvalue weighted by molar-refractivity contribution is 8.93. The van der Waals surface area contributed by atoms with E-state index in [-0.39, 0.29) is 35.5 Å². The molecule has 0 radical (unpaired) electrons. The molecule has 26 heavy (non-hydrogen) atoms. The number of hydrogen-bond donors (Lipinski definition) is 2. The Kier molecular flexibility index (Phi) is 5.57. The van der Waals surface area contributed by atoms with Crippen molar-refractivity contribution in [2.45, 2.75) is 26.1 Å². The first-order valence-electron chi connectivity index (χ1n) is 7.53. The first-order valence-corrected chi connectivity index (χ1v) is 7.53. The van der Waals surface area contributed by atoms with E-state index in [9.17, 15) is 4.79 Å². The lowest BCUT2D eigenvalue weighted by molar-refractivity contribution is -0.166. The number of nitrogens with zero attached hydrogens (tertiary/aromatic N) is 3. The summed E-state index contributed by atoms with van der Waals surface area (Å²) in [6.07, 6.45) is 0. The van der Waals surface area contributed by atoms with Crippen LogP contribution < -0.4 is 21.8 Å². The second-order valence-corrected chi connectivity index (χ2v) is 5.96. The van der Waals surface area contributed by atoms with Gasteiger partial charge in [-0.05, 0) is 31.5 Å². The third-order valence-corrected chi connectivity index (χ3v) is 3.71. The van der Waals surface area contributed by atoms with Crippen LogP contribution in [0.5, 0.6) is 5.75 Å². The van der Waals surface area contributed by atoms with Crippen molar-refractivity contribution < 1.29 is 14.0 Å². The normalized spacial score (nSPS) is 15.9. The average Bonchev–Trinajstić information content (AvgIpc) is 2.52. The number of hydrogen-bond acceptors (Lipinski definition) is 9. The van der Waals surface area contributed by atoms with Gasteiger partial charge in [-0.25, -0.2) is 9.79 Å². The number of halogens is 1. The van der Waals surface area contributed by atoms with E-state index in [4.69, 9.17) is 25.5 Å². The molecule has 0 unspecified atom stereocenters. The number of methoxy groups -OCH3 is 1. The van der Waals surface area contributed by atoms with Crippen LogP contribution in [0.25, 0.3) is 11.0 Å². The monoisotopic (exact) mass is 425 g/mol. The molecule has 0 aliphatic carbocycles. The summed E-state index contributed by atoms with van der Waals surface area (Å²) in [5, 5.41) is 2.08. The first-order chi connectivity index (χ1) is 11.8. The number of hydroxylamine groups is 2. The van der Waals surface area contributed by atoms with Gasteiger partial charge in [-0.2, -0.15) is 10.1 Å². The lowest BCUT2D eigenvalue weighted by atomic mass is 10.1. The molecule has 1 aliphatic heterocycles. The fraction of sp³-hybridized carbons (Fsp3) is 0.312. The molecule has 9 nitrogen and oxygen atoms in total. The maximum absolute atomic E-state index is 11.8. The van der Waals surface area contributed by atoms with Crippen LogP contribution in [0.15, 0.2) is 43.5 Å². The predicted octanol–water partition coefficient (Wildman–Crippen LogP) is 1.49. The van der Waals surface area contributed by atoms with Crippen LogP contribution in [-0.4, -0.2) is 29.8 Å². The molecule has 0 saturated heterocycles. The highest BCUT2D eigenvalue weighted by Crippen LogP contribution is 2.25. The summed E-state index contributed by atoms with van der Waals surface area (Å²) < 4.78 is 10.4. The number of guanidine groups is 2. The second kappa shape index (κ2) is 7.34. The van der Waals surface area contributed by atoms with Gasteiger partial charge in [0.15, 0.2) is 5.66 Å². The summed E-state index contributed by atoms with van der Waals surface area (Å²) in [4.78, 5) is 25.7. The molecular weight excluding hydrogens is 406 g/mol. The Morgan fingerprint density at radius 1 is 1.27 bits per heavy atom. The van der Waals surface area contributed by atoms with Crippen molar-refractivity contribution in [3.05, 3.63) is 40.2 Å². The highest BCUT2D eigenvalue weighted by atomic mass is 79.9. The summed E-state index contributed by atoms with van der Waals surface area (Å²) in [7, 11) is 1.54. The van der Waals surface area contributed by atoms with Crippen molar-refractivity contribution in [3.8, 4) is 5.75 Å². The SMILES string of the molecule is Br.COc1ccc2c(CON3C(N)=NC(N)=NC3(C)C)cc(=O)oc2c1. The third-order valence-electron chi connectivity index (χ3n) is 3.71.